The predicted octanol–water partition coefficient (Wildman–Crippen LogP) is 2.15. The molecular formula is C10H12ClN3. The smallest absolute Gasteiger partial charge is 0.225 e. The maximum Gasteiger partial charge on any atom is 0.225 e. The standard InChI is InChI=1S/C10H12ClN3/c11-10-13-12-4-14(10)9-7-5-1-2-6(3-5)8(7)9/h4-9H,1-3H2. The fourth-order valence-electron chi connectivity index (χ4n) is 4.08. The molecule has 4 unspecified atom stereocenters. The first-order valence-corrected chi connectivity index (χ1v) is 5.79. The van der Waals surface area contributed by atoms with E-state index in [1.165, 1.54) is 19.3 Å². The van der Waals surface area contributed by atoms with Crippen molar-refractivity contribution in [2.24, 2.45) is 23.7 Å². The number of nitrogens with zero attached hydrogens (tertiary/aromatic N) is 3. The summed E-state index contributed by atoms with van der Waals surface area (Å²) in [4.78, 5) is 0. The van der Waals surface area contributed by atoms with E-state index >= 15 is 0 Å². The molecule has 1 aromatic rings. The first-order valence-electron chi connectivity index (χ1n) is 5.41. The van der Waals surface area contributed by atoms with Crippen molar-refractivity contribution in [3.63, 3.8) is 0 Å². The zero-order valence-electron chi connectivity index (χ0n) is 7.81. The van der Waals surface area contributed by atoms with E-state index in [1.807, 2.05) is 0 Å². The summed E-state index contributed by atoms with van der Waals surface area (Å²) in [5, 5.41) is 8.29. The molecule has 2 bridgehead atoms. The second-order valence-corrected chi connectivity index (χ2v) is 5.32. The minimum atomic E-state index is 0.573. The highest BCUT2D eigenvalue weighted by molar-refractivity contribution is 6.28. The monoisotopic (exact) mass is 209 g/mol. The van der Waals surface area contributed by atoms with Crippen LogP contribution in [-0.4, -0.2) is 14.8 Å². The summed E-state index contributed by atoms with van der Waals surface area (Å²) in [5.41, 5.74) is 0. The van der Waals surface area contributed by atoms with Crippen molar-refractivity contribution in [3.05, 3.63) is 11.6 Å². The molecule has 0 radical (unpaired) electrons. The topological polar surface area (TPSA) is 30.7 Å². The summed E-state index contributed by atoms with van der Waals surface area (Å²) in [6, 6.07) is 0.642. The van der Waals surface area contributed by atoms with E-state index in [9.17, 15) is 0 Å². The molecule has 1 aromatic heterocycles. The van der Waals surface area contributed by atoms with E-state index in [2.05, 4.69) is 14.8 Å². The lowest BCUT2D eigenvalue weighted by atomic mass is 10.0. The largest absolute Gasteiger partial charge is 0.301 e. The molecule has 0 saturated heterocycles. The molecular weight excluding hydrogens is 198 g/mol. The van der Waals surface area contributed by atoms with Gasteiger partial charge in [-0.05, 0) is 54.5 Å². The highest BCUT2D eigenvalue weighted by Crippen LogP contribution is 2.71. The van der Waals surface area contributed by atoms with Crippen LogP contribution >= 0.6 is 11.6 Å². The van der Waals surface area contributed by atoms with Gasteiger partial charge in [0.25, 0.3) is 0 Å². The number of rotatable bonds is 1. The van der Waals surface area contributed by atoms with E-state index in [0.29, 0.717) is 11.3 Å². The number of halogens is 1. The van der Waals surface area contributed by atoms with Crippen molar-refractivity contribution in [2.75, 3.05) is 0 Å². The number of hydrogen-bond acceptors (Lipinski definition) is 2. The lowest BCUT2D eigenvalue weighted by molar-refractivity contribution is 0.453. The van der Waals surface area contributed by atoms with Gasteiger partial charge in [-0.25, -0.2) is 0 Å². The van der Waals surface area contributed by atoms with Crippen LogP contribution < -0.4 is 0 Å². The fraction of sp³-hybridized carbons (Fsp3) is 0.800. The second kappa shape index (κ2) is 2.32. The van der Waals surface area contributed by atoms with E-state index in [0.717, 1.165) is 23.7 Å². The molecule has 14 heavy (non-hydrogen) atoms. The molecule has 0 aliphatic heterocycles. The van der Waals surface area contributed by atoms with Crippen LogP contribution in [0.15, 0.2) is 6.33 Å². The molecule has 0 spiro atoms. The summed E-state index contributed by atoms with van der Waals surface area (Å²) in [7, 11) is 0. The Bertz CT molecular complexity index is 372. The van der Waals surface area contributed by atoms with Crippen molar-refractivity contribution in [2.45, 2.75) is 25.3 Å². The summed E-state index contributed by atoms with van der Waals surface area (Å²) < 4.78 is 2.08. The molecule has 74 valence electrons. The van der Waals surface area contributed by atoms with Crippen LogP contribution in [0, 0.1) is 23.7 Å². The Morgan fingerprint density at radius 1 is 1.29 bits per heavy atom. The molecule has 3 saturated carbocycles. The molecule has 0 aromatic carbocycles. The minimum absolute atomic E-state index is 0.573. The molecule has 3 aliphatic carbocycles. The Labute approximate surface area is 87.5 Å². The third-order valence-electron chi connectivity index (χ3n) is 4.55. The SMILES string of the molecule is Clc1nncn1C1C2C3CCC(C3)C21. The minimum Gasteiger partial charge on any atom is -0.301 e. The van der Waals surface area contributed by atoms with E-state index in [4.69, 9.17) is 11.6 Å². The van der Waals surface area contributed by atoms with Gasteiger partial charge >= 0.3 is 0 Å². The van der Waals surface area contributed by atoms with Crippen molar-refractivity contribution in [3.8, 4) is 0 Å². The van der Waals surface area contributed by atoms with Crippen molar-refractivity contribution in [1.29, 1.82) is 0 Å². The summed E-state index contributed by atoms with van der Waals surface area (Å²) in [5.74, 6) is 3.77. The van der Waals surface area contributed by atoms with Gasteiger partial charge < -0.3 is 4.57 Å². The lowest BCUT2D eigenvalue weighted by Crippen LogP contribution is -2.04. The fourth-order valence-corrected chi connectivity index (χ4v) is 4.28. The van der Waals surface area contributed by atoms with Gasteiger partial charge in [-0.1, -0.05) is 0 Å². The second-order valence-electron chi connectivity index (χ2n) is 4.99. The molecule has 3 nitrogen and oxygen atoms in total. The predicted molar refractivity (Wildman–Crippen MR) is 51.9 cm³/mol. The first-order chi connectivity index (χ1) is 6.86. The first kappa shape index (κ1) is 7.69. The van der Waals surface area contributed by atoms with Crippen LogP contribution in [0.25, 0.3) is 0 Å². The quantitative estimate of drug-likeness (QED) is 0.710. The number of hydrogen-bond donors (Lipinski definition) is 0. The van der Waals surface area contributed by atoms with Gasteiger partial charge in [0.15, 0.2) is 0 Å². The summed E-state index contributed by atoms with van der Waals surface area (Å²) in [6.07, 6.45) is 6.17. The highest BCUT2D eigenvalue weighted by atomic mass is 35.5. The molecule has 0 amide bonds. The Morgan fingerprint density at radius 3 is 2.57 bits per heavy atom. The Hall–Kier alpha value is -0.570. The zero-order valence-corrected chi connectivity index (χ0v) is 8.56. The van der Waals surface area contributed by atoms with E-state index in [-0.39, 0.29) is 0 Å². The van der Waals surface area contributed by atoms with Gasteiger partial charge in [0.05, 0.1) is 0 Å². The third-order valence-corrected chi connectivity index (χ3v) is 4.82. The molecule has 3 fully saturated rings. The Kier molecular flexibility index (Phi) is 1.28. The molecule has 4 heteroatoms. The van der Waals surface area contributed by atoms with Gasteiger partial charge in [-0.15, -0.1) is 10.2 Å². The van der Waals surface area contributed by atoms with Crippen LogP contribution in [0.3, 0.4) is 0 Å². The van der Waals surface area contributed by atoms with Crippen LogP contribution in [0.4, 0.5) is 0 Å². The maximum absolute atomic E-state index is 5.99. The van der Waals surface area contributed by atoms with Crippen LogP contribution in [0.2, 0.25) is 5.28 Å². The lowest BCUT2D eigenvalue weighted by Gasteiger charge is -2.09. The number of aromatic nitrogens is 3. The van der Waals surface area contributed by atoms with Gasteiger partial charge in [-0.2, -0.15) is 0 Å². The van der Waals surface area contributed by atoms with Crippen molar-refractivity contribution < 1.29 is 0 Å². The molecule has 4 atom stereocenters. The maximum atomic E-state index is 5.99. The summed E-state index contributed by atoms with van der Waals surface area (Å²) in [6.45, 7) is 0. The van der Waals surface area contributed by atoms with Crippen LogP contribution in [0.1, 0.15) is 25.3 Å². The third kappa shape index (κ3) is 0.761. The molecule has 0 N–H and O–H groups in total. The zero-order chi connectivity index (χ0) is 9.28. The van der Waals surface area contributed by atoms with Gasteiger partial charge in [-0.3, -0.25) is 0 Å². The average molecular weight is 210 g/mol. The average Bonchev–Trinajstić information content (AvgIpc) is 2.59. The Balaban J connectivity index is 1.70. The highest BCUT2D eigenvalue weighted by Gasteiger charge is 2.66. The Morgan fingerprint density at radius 2 is 2.00 bits per heavy atom. The van der Waals surface area contributed by atoms with Crippen molar-refractivity contribution in [1.82, 2.24) is 14.8 Å². The van der Waals surface area contributed by atoms with E-state index < -0.39 is 0 Å². The normalized spacial score (nSPS) is 48.2. The molecule has 4 rings (SSSR count). The van der Waals surface area contributed by atoms with Gasteiger partial charge in [0.2, 0.25) is 5.28 Å². The van der Waals surface area contributed by atoms with Crippen LogP contribution in [0.5, 0.6) is 0 Å². The van der Waals surface area contributed by atoms with Gasteiger partial charge in [0, 0.05) is 6.04 Å². The van der Waals surface area contributed by atoms with Crippen molar-refractivity contribution >= 4 is 11.6 Å². The molecule has 3 aliphatic rings. The number of fused-ring (bicyclic) bond motifs is 5. The van der Waals surface area contributed by atoms with Gasteiger partial charge in [0.1, 0.15) is 6.33 Å². The van der Waals surface area contributed by atoms with E-state index in [1.54, 1.807) is 6.33 Å². The summed E-state index contributed by atoms with van der Waals surface area (Å²) >= 11 is 5.99. The van der Waals surface area contributed by atoms with Crippen LogP contribution in [-0.2, 0) is 0 Å². The molecule has 1 heterocycles.